The molecule has 80 heavy (non-hydrogen) atoms. The number of likely N-dealkylation sites (tertiary alicyclic amines) is 1. The number of fused-ring (bicyclic) bond motifs is 5. The number of aromatic nitrogens is 3. The standard InChI is InChI=1S/C61H75FN10O8/c1-7-38-9-8-10-39-28-44(79-37-77-6)29-46(50(38)39)52-51(62)53-47(30-63-52)54(70-32-42-11-12-43(33-70)72(42)58(76)80-59(2,3)4)66-57(65-53)78-36-61(17-18-61)35-67-21-19-60(5,20-22-67)34-68-23-25-69(26-24-68)41-13-14-45-40(27-41)31-71(56(45)75)48-15-16-49(73)64-55(48)74/h8-10,13-14,27-30,42-43,48H,7,11-12,15-26,31-37H2,1-6H3,(H,64,73,74)/t42?,43?,48-/m0/s1. The first kappa shape index (κ1) is 53.9. The summed E-state index contributed by atoms with van der Waals surface area (Å²) in [5, 5.41) is 4.68. The fourth-order valence-corrected chi connectivity index (χ4v) is 13.5. The fourth-order valence-electron chi connectivity index (χ4n) is 13.5. The maximum Gasteiger partial charge on any atom is 0.410 e. The number of carbonyl (C=O) groups excluding carboxylic acids is 4. The molecule has 5 saturated heterocycles. The van der Waals surface area contributed by atoms with Crippen molar-refractivity contribution in [2.75, 3.05) is 95.8 Å². The van der Waals surface area contributed by atoms with E-state index in [0.717, 1.165) is 125 Å². The number of piperidine rings is 2. The van der Waals surface area contributed by atoms with Crippen molar-refractivity contribution in [2.24, 2.45) is 10.8 Å². The van der Waals surface area contributed by atoms with Gasteiger partial charge in [0.25, 0.3) is 5.91 Å². The first-order chi connectivity index (χ1) is 38.5. The second-order valence-electron chi connectivity index (χ2n) is 25.0. The lowest BCUT2D eigenvalue weighted by Crippen LogP contribution is -2.57. The molecule has 2 unspecified atom stereocenters. The third-order valence-electron chi connectivity index (χ3n) is 18.0. The Bertz CT molecular complexity index is 3230. The zero-order valence-corrected chi connectivity index (χ0v) is 47.2. The summed E-state index contributed by atoms with van der Waals surface area (Å²) in [5.74, 6) is -0.313. The van der Waals surface area contributed by atoms with Gasteiger partial charge in [0.05, 0.1) is 24.1 Å². The molecule has 4 amide bonds. The van der Waals surface area contributed by atoms with Gasteiger partial charge in [-0.15, -0.1) is 0 Å². The Kier molecular flexibility index (Phi) is 14.4. The number of amides is 4. The van der Waals surface area contributed by atoms with E-state index in [0.29, 0.717) is 60.7 Å². The molecule has 5 aromatic rings. The molecule has 2 aromatic heterocycles. The normalized spacial score (nSPS) is 23.0. The number of ether oxygens (including phenoxy) is 4. The summed E-state index contributed by atoms with van der Waals surface area (Å²) in [6.45, 7) is 19.6. The number of halogens is 1. The van der Waals surface area contributed by atoms with Gasteiger partial charge in [-0.2, -0.15) is 9.97 Å². The molecule has 19 heteroatoms. The van der Waals surface area contributed by atoms with Crippen LogP contribution in [0.2, 0.25) is 0 Å². The van der Waals surface area contributed by atoms with Crippen LogP contribution >= 0.6 is 0 Å². The number of hydrogen-bond donors (Lipinski definition) is 1. The van der Waals surface area contributed by atoms with E-state index >= 15 is 4.39 Å². The van der Waals surface area contributed by atoms with Crippen LogP contribution in [0.1, 0.15) is 107 Å². The number of benzene rings is 3. The van der Waals surface area contributed by atoms with Crippen molar-refractivity contribution < 1.29 is 42.5 Å². The van der Waals surface area contributed by atoms with Crippen LogP contribution in [0.15, 0.2) is 54.7 Å². The third kappa shape index (κ3) is 10.7. The highest BCUT2D eigenvalue weighted by Gasteiger charge is 2.48. The monoisotopic (exact) mass is 1090 g/mol. The number of nitrogens with zero attached hydrogens (tertiary/aromatic N) is 9. The molecule has 3 aromatic carbocycles. The topological polar surface area (TPSA) is 175 Å². The summed E-state index contributed by atoms with van der Waals surface area (Å²) >= 11 is 0. The Morgan fingerprint density at radius 3 is 2.30 bits per heavy atom. The SMILES string of the molecule is CCc1cccc2cc(OCOC)cc(-c3ncc4c(N5CC6CCC(C5)N6C(=O)OC(C)(C)C)nc(OCC5(CN6CCC(C)(CN7CCN(c8ccc9c(c8)CN([C@H]8CCC(=O)NC8=O)C9=O)CC7)CC6)CC5)nc4c3F)c12. The molecule has 0 spiro atoms. The van der Waals surface area contributed by atoms with Crippen molar-refractivity contribution >= 4 is 57.0 Å². The largest absolute Gasteiger partial charge is 0.468 e. The Morgan fingerprint density at radius 2 is 1.60 bits per heavy atom. The van der Waals surface area contributed by atoms with E-state index in [1.165, 1.54) is 0 Å². The highest BCUT2D eigenvalue weighted by molar-refractivity contribution is 6.06. The fraction of sp³-hybridized carbons (Fsp3) is 0.557. The average molecular weight is 1100 g/mol. The minimum Gasteiger partial charge on any atom is -0.468 e. The number of pyridine rings is 1. The first-order valence-electron chi connectivity index (χ1n) is 28.9. The van der Waals surface area contributed by atoms with Crippen molar-refractivity contribution in [1.29, 1.82) is 0 Å². The van der Waals surface area contributed by atoms with E-state index < -0.39 is 23.4 Å². The Labute approximate surface area is 467 Å². The summed E-state index contributed by atoms with van der Waals surface area (Å²) in [5.41, 5.74) is 4.11. The zero-order chi connectivity index (χ0) is 55.7. The van der Waals surface area contributed by atoms with Crippen molar-refractivity contribution in [1.82, 2.24) is 39.9 Å². The predicted octanol–water partition coefficient (Wildman–Crippen LogP) is 7.96. The number of aryl methyl sites for hydroxylation is 1. The molecule has 6 aliphatic heterocycles. The van der Waals surface area contributed by atoms with Gasteiger partial charge in [-0.1, -0.05) is 32.0 Å². The predicted molar refractivity (Wildman–Crippen MR) is 301 cm³/mol. The van der Waals surface area contributed by atoms with Crippen LogP contribution in [0.4, 0.5) is 20.7 Å². The molecule has 8 heterocycles. The number of carbonyl (C=O) groups is 4. The van der Waals surface area contributed by atoms with Gasteiger partial charge in [-0.25, -0.2) is 9.18 Å². The quantitative estimate of drug-likeness (QED) is 0.0789. The van der Waals surface area contributed by atoms with Gasteiger partial charge in [0, 0.05) is 101 Å². The first-order valence-corrected chi connectivity index (χ1v) is 28.9. The number of anilines is 2. The lowest BCUT2D eigenvalue weighted by Gasteiger charge is -2.45. The Morgan fingerprint density at radius 1 is 0.850 bits per heavy atom. The number of rotatable bonds is 15. The number of piperazine rings is 2. The molecule has 1 saturated carbocycles. The number of imide groups is 1. The van der Waals surface area contributed by atoms with Crippen molar-refractivity contribution in [3.05, 3.63) is 77.2 Å². The van der Waals surface area contributed by atoms with Crippen LogP contribution in [0, 0.1) is 16.6 Å². The van der Waals surface area contributed by atoms with Gasteiger partial charge >= 0.3 is 12.1 Å². The van der Waals surface area contributed by atoms with Crippen LogP contribution in [0.3, 0.4) is 0 Å². The molecule has 1 aliphatic carbocycles. The Balaban J connectivity index is 0.719. The maximum atomic E-state index is 17.7. The van der Waals surface area contributed by atoms with E-state index in [-0.39, 0.29) is 71.3 Å². The third-order valence-corrected chi connectivity index (χ3v) is 18.0. The summed E-state index contributed by atoms with van der Waals surface area (Å²) in [6, 6.07) is 15.2. The molecule has 6 fully saturated rings. The molecule has 3 atom stereocenters. The molecule has 424 valence electrons. The Hall–Kier alpha value is -6.70. The molecule has 2 bridgehead atoms. The molecule has 12 rings (SSSR count). The molecule has 18 nitrogen and oxygen atoms in total. The van der Waals surface area contributed by atoms with E-state index in [1.807, 2.05) is 62.1 Å². The maximum absolute atomic E-state index is 17.7. The smallest absolute Gasteiger partial charge is 0.410 e. The average Bonchev–Trinajstić information content (AvgIpc) is 4.09. The van der Waals surface area contributed by atoms with Gasteiger partial charge in [-0.3, -0.25) is 34.5 Å². The summed E-state index contributed by atoms with van der Waals surface area (Å²) < 4.78 is 41.5. The lowest BCUT2D eigenvalue weighted by atomic mass is 9.79. The van der Waals surface area contributed by atoms with Crippen molar-refractivity contribution in [3.63, 3.8) is 0 Å². The van der Waals surface area contributed by atoms with E-state index in [2.05, 4.69) is 50.9 Å². The molecule has 1 N–H and O–H groups in total. The lowest BCUT2D eigenvalue weighted by molar-refractivity contribution is -0.136. The van der Waals surface area contributed by atoms with E-state index in [1.54, 1.807) is 18.2 Å². The van der Waals surface area contributed by atoms with Gasteiger partial charge in [0.15, 0.2) is 12.6 Å². The summed E-state index contributed by atoms with van der Waals surface area (Å²) in [7, 11) is 1.57. The number of hydrogen-bond acceptors (Lipinski definition) is 15. The second-order valence-corrected chi connectivity index (χ2v) is 25.0. The van der Waals surface area contributed by atoms with Crippen molar-refractivity contribution in [3.8, 4) is 23.0 Å². The minimum absolute atomic E-state index is 0.0360. The summed E-state index contributed by atoms with van der Waals surface area (Å²) in [6.07, 6.45) is 8.60. The van der Waals surface area contributed by atoms with Crippen LogP contribution in [0.5, 0.6) is 11.8 Å². The van der Waals surface area contributed by atoms with Crippen LogP contribution in [-0.4, -0.2) is 168 Å². The van der Waals surface area contributed by atoms with Crippen molar-refractivity contribution in [2.45, 2.75) is 123 Å². The summed E-state index contributed by atoms with van der Waals surface area (Å²) in [4.78, 5) is 79.3. The number of methoxy groups -OCH3 is 1. The van der Waals surface area contributed by atoms with Crippen LogP contribution in [-0.2, 0) is 32.0 Å². The van der Waals surface area contributed by atoms with Gasteiger partial charge in [0.1, 0.15) is 34.4 Å². The molecular weight excluding hydrogens is 1020 g/mol. The highest BCUT2D eigenvalue weighted by Crippen LogP contribution is 2.48. The number of nitrogens with one attached hydrogen (secondary N) is 1. The van der Waals surface area contributed by atoms with E-state index in [4.69, 9.17) is 33.9 Å². The van der Waals surface area contributed by atoms with Crippen LogP contribution < -0.4 is 24.6 Å². The van der Waals surface area contributed by atoms with Crippen LogP contribution in [0.25, 0.3) is 32.9 Å². The van der Waals surface area contributed by atoms with Gasteiger partial charge < -0.3 is 38.5 Å². The van der Waals surface area contributed by atoms with Gasteiger partial charge in [-0.05, 0) is 143 Å². The molecule has 0 radical (unpaired) electrons. The highest BCUT2D eigenvalue weighted by atomic mass is 19.1. The van der Waals surface area contributed by atoms with E-state index in [9.17, 15) is 19.2 Å². The second kappa shape index (κ2) is 21.3. The minimum atomic E-state index is -0.624. The van der Waals surface area contributed by atoms with Gasteiger partial charge in [0.2, 0.25) is 11.8 Å². The molecular formula is C61H75FN10O8. The molecule has 7 aliphatic rings. The zero-order valence-electron chi connectivity index (χ0n) is 47.2.